The van der Waals surface area contributed by atoms with Crippen molar-refractivity contribution in [2.45, 2.75) is 39.2 Å². The zero-order valence-corrected chi connectivity index (χ0v) is 17.8. The number of rotatable bonds is 7. The van der Waals surface area contributed by atoms with Gasteiger partial charge >= 0.3 is 6.09 Å². The summed E-state index contributed by atoms with van der Waals surface area (Å²) in [4.78, 5) is 29.3. The van der Waals surface area contributed by atoms with Crippen LogP contribution in [-0.2, 0) is 17.6 Å². The van der Waals surface area contributed by atoms with Crippen LogP contribution in [0.1, 0.15) is 35.7 Å². The average molecular weight is 406 g/mol. The van der Waals surface area contributed by atoms with Crippen molar-refractivity contribution in [1.29, 1.82) is 5.26 Å². The normalized spacial score (nSPS) is 16.0. The van der Waals surface area contributed by atoms with Crippen molar-refractivity contribution in [2.24, 2.45) is 4.99 Å². The number of aliphatic imine (C=N–C) groups is 1. The van der Waals surface area contributed by atoms with E-state index in [9.17, 15) is 4.79 Å². The molecule has 1 aromatic heterocycles. The summed E-state index contributed by atoms with van der Waals surface area (Å²) in [7, 11) is 3.73. The Morgan fingerprint density at radius 2 is 2.00 bits per heavy atom. The summed E-state index contributed by atoms with van der Waals surface area (Å²) in [6, 6.07) is 10.0. The van der Waals surface area contributed by atoms with Gasteiger partial charge in [0.25, 0.3) is 5.95 Å². The third-order valence-electron chi connectivity index (χ3n) is 4.86. The van der Waals surface area contributed by atoms with Gasteiger partial charge in [-0.05, 0) is 24.5 Å². The van der Waals surface area contributed by atoms with E-state index in [4.69, 9.17) is 10.00 Å². The standard InChI is InChI=1S/C22H26N6O2/c1-5-18-13-28(22(29)30-18)20-19(12-17-8-6-16(7-9-17)10-11-23)15(2)25-21(26-20)24-14-27(3)4/h6-9,14,18H,5,10,12-13H2,1-4H3/b24-14+/t18-/m0/s1. The van der Waals surface area contributed by atoms with Crippen LogP contribution in [0.4, 0.5) is 16.6 Å². The second-order valence-electron chi connectivity index (χ2n) is 7.47. The minimum absolute atomic E-state index is 0.153. The number of carbonyl (C=O) groups excluding carboxylic acids is 1. The number of ether oxygens (including phenoxy) is 1. The van der Waals surface area contributed by atoms with Gasteiger partial charge in [0.15, 0.2) is 0 Å². The van der Waals surface area contributed by atoms with E-state index < -0.39 is 6.09 Å². The Balaban J connectivity index is 2.00. The van der Waals surface area contributed by atoms with Crippen molar-refractivity contribution in [2.75, 3.05) is 25.5 Å². The van der Waals surface area contributed by atoms with Crippen LogP contribution in [0, 0.1) is 18.3 Å². The van der Waals surface area contributed by atoms with Crippen LogP contribution < -0.4 is 4.90 Å². The molecule has 0 bridgehead atoms. The number of anilines is 1. The van der Waals surface area contributed by atoms with Crippen molar-refractivity contribution in [3.05, 3.63) is 46.6 Å². The van der Waals surface area contributed by atoms with E-state index in [1.807, 2.05) is 52.2 Å². The number of carbonyl (C=O) groups is 1. The average Bonchev–Trinajstić information content (AvgIpc) is 3.10. The lowest BCUT2D eigenvalue weighted by atomic mass is 10.0. The Kier molecular flexibility index (Phi) is 6.62. The monoisotopic (exact) mass is 406 g/mol. The number of aryl methyl sites for hydroxylation is 1. The lowest BCUT2D eigenvalue weighted by Crippen LogP contribution is -2.27. The van der Waals surface area contributed by atoms with Crippen molar-refractivity contribution in [3.8, 4) is 6.07 Å². The molecule has 8 heteroatoms. The molecule has 3 rings (SSSR count). The van der Waals surface area contributed by atoms with Gasteiger partial charge in [-0.3, -0.25) is 4.90 Å². The fourth-order valence-corrected chi connectivity index (χ4v) is 3.20. The highest BCUT2D eigenvalue weighted by atomic mass is 16.6. The number of hydrogen-bond donors (Lipinski definition) is 0. The quantitative estimate of drug-likeness (QED) is 0.517. The largest absolute Gasteiger partial charge is 0.444 e. The molecule has 1 atom stereocenters. The third-order valence-corrected chi connectivity index (χ3v) is 4.86. The maximum atomic E-state index is 12.5. The van der Waals surface area contributed by atoms with Crippen LogP contribution in [0.25, 0.3) is 0 Å². The second-order valence-corrected chi connectivity index (χ2v) is 7.47. The summed E-state index contributed by atoms with van der Waals surface area (Å²) in [5.74, 6) is 0.840. The molecule has 1 aliphatic rings. The molecule has 2 heterocycles. The molecule has 1 aliphatic heterocycles. The highest BCUT2D eigenvalue weighted by Gasteiger charge is 2.34. The number of cyclic esters (lactones) is 1. The molecule has 1 aromatic carbocycles. The maximum absolute atomic E-state index is 12.5. The molecule has 8 nitrogen and oxygen atoms in total. The van der Waals surface area contributed by atoms with Gasteiger partial charge in [-0.15, -0.1) is 0 Å². The van der Waals surface area contributed by atoms with Crippen LogP contribution >= 0.6 is 0 Å². The Morgan fingerprint density at radius 3 is 2.60 bits per heavy atom. The number of benzene rings is 1. The van der Waals surface area contributed by atoms with E-state index in [1.54, 1.807) is 16.1 Å². The van der Waals surface area contributed by atoms with E-state index in [0.29, 0.717) is 31.2 Å². The summed E-state index contributed by atoms with van der Waals surface area (Å²) in [6.45, 7) is 4.35. The van der Waals surface area contributed by atoms with Gasteiger partial charge in [0.1, 0.15) is 11.9 Å². The summed E-state index contributed by atoms with van der Waals surface area (Å²) >= 11 is 0. The minimum Gasteiger partial charge on any atom is -0.444 e. The first-order valence-corrected chi connectivity index (χ1v) is 9.92. The summed E-state index contributed by atoms with van der Waals surface area (Å²) in [5.41, 5.74) is 3.64. The Labute approximate surface area is 176 Å². The number of hydrogen-bond acceptors (Lipinski definition) is 6. The van der Waals surface area contributed by atoms with E-state index in [0.717, 1.165) is 28.8 Å². The first-order valence-electron chi connectivity index (χ1n) is 9.92. The molecule has 0 unspecified atom stereocenters. The molecule has 0 spiro atoms. The van der Waals surface area contributed by atoms with Crippen molar-refractivity contribution >= 4 is 24.2 Å². The SMILES string of the molecule is CC[C@H]1CN(c2nc(/N=C/N(C)C)nc(C)c2Cc2ccc(CC#N)cc2)C(=O)O1. The molecular formula is C22H26N6O2. The molecule has 156 valence electrons. The second kappa shape index (κ2) is 9.35. The molecule has 1 fully saturated rings. The fraction of sp³-hybridized carbons (Fsp3) is 0.409. The Morgan fingerprint density at radius 1 is 1.30 bits per heavy atom. The van der Waals surface area contributed by atoms with E-state index in [-0.39, 0.29) is 6.10 Å². The smallest absolute Gasteiger partial charge is 0.415 e. The minimum atomic E-state index is -0.395. The van der Waals surface area contributed by atoms with Crippen LogP contribution in [0.3, 0.4) is 0 Å². The van der Waals surface area contributed by atoms with Crippen LogP contribution in [0.15, 0.2) is 29.3 Å². The molecule has 0 radical (unpaired) electrons. The number of aromatic nitrogens is 2. The Bertz CT molecular complexity index is 978. The van der Waals surface area contributed by atoms with Crippen molar-refractivity contribution in [1.82, 2.24) is 14.9 Å². The van der Waals surface area contributed by atoms with Gasteiger partial charge in [0.2, 0.25) is 0 Å². The van der Waals surface area contributed by atoms with Gasteiger partial charge in [0, 0.05) is 31.8 Å². The van der Waals surface area contributed by atoms with Gasteiger partial charge in [-0.25, -0.2) is 14.8 Å². The highest BCUT2D eigenvalue weighted by molar-refractivity contribution is 5.89. The van der Waals surface area contributed by atoms with Crippen molar-refractivity contribution < 1.29 is 9.53 Å². The fourth-order valence-electron chi connectivity index (χ4n) is 3.20. The van der Waals surface area contributed by atoms with Crippen LogP contribution in [0.5, 0.6) is 0 Å². The van der Waals surface area contributed by atoms with Crippen molar-refractivity contribution in [3.63, 3.8) is 0 Å². The molecule has 0 N–H and O–H groups in total. The zero-order chi connectivity index (χ0) is 21.7. The van der Waals surface area contributed by atoms with E-state index in [2.05, 4.69) is 21.0 Å². The highest BCUT2D eigenvalue weighted by Crippen LogP contribution is 2.30. The zero-order valence-electron chi connectivity index (χ0n) is 17.8. The lowest BCUT2D eigenvalue weighted by Gasteiger charge is -2.18. The molecule has 1 saturated heterocycles. The third kappa shape index (κ3) is 4.92. The van der Waals surface area contributed by atoms with Crippen LogP contribution in [0.2, 0.25) is 0 Å². The first kappa shape index (κ1) is 21.2. The molecule has 0 saturated carbocycles. The molecule has 0 aliphatic carbocycles. The number of amides is 1. The van der Waals surface area contributed by atoms with Gasteiger partial charge in [0.05, 0.1) is 25.4 Å². The lowest BCUT2D eigenvalue weighted by molar-refractivity contribution is 0.139. The van der Waals surface area contributed by atoms with E-state index >= 15 is 0 Å². The molecule has 30 heavy (non-hydrogen) atoms. The molecule has 2 aromatic rings. The van der Waals surface area contributed by atoms with Crippen LogP contribution in [-0.4, -0.2) is 54.0 Å². The number of nitriles is 1. The predicted octanol–water partition coefficient (Wildman–Crippen LogP) is 3.40. The van der Waals surface area contributed by atoms with Gasteiger partial charge in [-0.2, -0.15) is 10.2 Å². The summed E-state index contributed by atoms with van der Waals surface area (Å²) in [6.07, 6.45) is 2.76. The molecule has 1 amide bonds. The predicted molar refractivity (Wildman–Crippen MR) is 115 cm³/mol. The van der Waals surface area contributed by atoms with Gasteiger partial charge < -0.3 is 9.64 Å². The Hall–Kier alpha value is -3.47. The maximum Gasteiger partial charge on any atom is 0.415 e. The van der Waals surface area contributed by atoms with E-state index in [1.165, 1.54) is 0 Å². The first-order chi connectivity index (χ1) is 14.4. The summed E-state index contributed by atoms with van der Waals surface area (Å²) in [5, 5.41) is 8.86. The molecular weight excluding hydrogens is 380 g/mol. The summed E-state index contributed by atoms with van der Waals surface area (Å²) < 4.78 is 5.45. The topological polar surface area (TPSA) is 94.7 Å². The van der Waals surface area contributed by atoms with Gasteiger partial charge in [-0.1, -0.05) is 31.2 Å². The number of nitrogens with zero attached hydrogens (tertiary/aromatic N) is 6.